The van der Waals surface area contributed by atoms with Crippen molar-refractivity contribution in [3.8, 4) is 34.5 Å². The summed E-state index contributed by atoms with van der Waals surface area (Å²) in [4.78, 5) is 0. The van der Waals surface area contributed by atoms with Gasteiger partial charge in [-0.3, -0.25) is 0 Å². The van der Waals surface area contributed by atoms with Crippen LogP contribution in [0.15, 0.2) is 60.7 Å². The van der Waals surface area contributed by atoms with Crippen molar-refractivity contribution in [2.45, 2.75) is 213 Å². The Balaban J connectivity index is 0.000000413. The standard InChI is InChI=1S/C28H46O4.C24H40O3/c1-4-6-7-8-9-10-11-12-13-14-15-16-17-18-19-20-24-29-25-22-21-23-26-27(25)32-28(3,31-26)30-5-2;1-2-3-4-5-6-7-8-9-10-11-12-13-14-15-16-17-21-27-23-20-18-19-22(25)24(23)26/h12-13,21-23H,4-11,14-20,24H2,1-3H3;9-10,18-20,25-26H,2-8,11-17,21H2,1H3/b13-12-;10-9-. The van der Waals surface area contributed by atoms with Crippen LogP contribution in [-0.4, -0.2) is 36.0 Å². The molecule has 336 valence electrons. The summed E-state index contributed by atoms with van der Waals surface area (Å²) in [7, 11) is 0. The van der Waals surface area contributed by atoms with E-state index in [1.165, 1.54) is 167 Å². The first kappa shape index (κ1) is 51.8. The SMILES string of the molecule is CCCCCCCC/C=C\CCCCCCCCOc1cccc(O)c1O.CCCCCCCC/C=C\CCCCCCCCOc1cccc2c1OC(C)(OCC)O2. The van der Waals surface area contributed by atoms with Crippen molar-refractivity contribution in [1.29, 1.82) is 0 Å². The van der Waals surface area contributed by atoms with Crippen molar-refractivity contribution in [2.24, 2.45) is 0 Å². The average molecular weight is 823 g/mol. The quantitative estimate of drug-likeness (QED) is 0.0402. The number of hydrogen-bond donors (Lipinski definition) is 2. The van der Waals surface area contributed by atoms with E-state index in [2.05, 4.69) is 38.2 Å². The van der Waals surface area contributed by atoms with Gasteiger partial charge in [-0.15, -0.1) is 0 Å². The molecule has 7 heteroatoms. The first-order valence-corrected chi connectivity index (χ1v) is 24.2. The molecule has 0 saturated carbocycles. The second-order valence-electron chi connectivity index (χ2n) is 16.3. The molecule has 0 aromatic heterocycles. The molecule has 1 heterocycles. The van der Waals surface area contributed by atoms with Crippen molar-refractivity contribution >= 4 is 0 Å². The maximum Gasteiger partial charge on any atom is 0.369 e. The monoisotopic (exact) mass is 823 g/mol. The summed E-state index contributed by atoms with van der Waals surface area (Å²) in [5, 5.41) is 19.1. The lowest BCUT2D eigenvalue weighted by atomic mass is 10.1. The minimum absolute atomic E-state index is 0.131. The zero-order valence-electron chi connectivity index (χ0n) is 38.1. The molecular weight excluding hydrogens is 737 g/mol. The molecule has 0 bridgehead atoms. The Labute approximate surface area is 361 Å². The van der Waals surface area contributed by atoms with Gasteiger partial charge in [0.25, 0.3) is 0 Å². The molecule has 1 aliphatic rings. The second kappa shape index (κ2) is 35.4. The van der Waals surface area contributed by atoms with Gasteiger partial charge < -0.3 is 33.9 Å². The molecule has 7 nitrogen and oxygen atoms in total. The highest BCUT2D eigenvalue weighted by atomic mass is 16.9. The zero-order valence-corrected chi connectivity index (χ0v) is 38.1. The van der Waals surface area contributed by atoms with Crippen molar-refractivity contribution in [2.75, 3.05) is 19.8 Å². The summed E-state index contributed by atoms with van der Waals surface area (Å²) in [6.45, 7) is 10.1. The smallest absolute Gasteiger partial charge is 0.369 e. The molecule has 2 aromatic carbocycles. The van der Waals surface area contributed by atoms with E-state index in [4.69, 9.17) is 23.7 Å². The first-order valence-electron chi connectivity index (χ1n) is 24.2. The summed E-state index contributed by atoms with van der Waals surface area (Å²) in [5.41, 5.74) is 0. The van der Waals surface area contributed by atoms with Gasteiger partial charge in [-0.25, -0.2) is 0 Å². The molecule has 0 aliphatic carbocycles. The molecule has 0 spiro atoms. The third-order valence-corrected chi connectivity index (χ3v) is 10.7. The van der Waals surface area contributed by atoms with Gasteiger partial charge in [-0.2, -0.15) is 0 Å². The lowest BCUT2D eigenvalue weighted by Crippen LogP contribution is -2.37. The van der Waals surface area contributed by atoms with Gasteiger partial charge in [-0.1, -0.05) is 166 Å². The van der Waals surface area contributed by atoms with Crippen LogP contribution in [-0.2, 0) is 4.74 Å². The number of unbranched alkanes of at least 4 members (excludes halogenated alkanes) is 24. The molecule has 1 aliphatic heterocycles. The molecule has 2 aromatic rings. The van der Waals surface area contributed by atoms with Crippen LogP contribution >= 0.6 is 0 Å². The Morgan fingerprint density at radius 3 is 1.37 bits per heavy atom. The van der Waals surface area contributed by atoms with Crippen LogP contribution < -0.4 is 18.9 Å². The van der Waals surface area contributed by atoms with Gasteiger partial charge in [-0.05, 0) is 95.4 Å². The van der Waals surface area contributed by atoms with E-state index in [1.54, 1.807) is 19.1 Å². The van der Waals surface area contributed by atoms with Crippen LogP contribution in [0, 0.1) is 0 Å². The van der Waals surface area contributed by atoms with Crippen LogP contribution in [0.3, 0.4) is 0 Å². The Morgan fingerprint density at radius 2 is 0.898 bits per heavy atom. The number of aromatic hydroxyl groups is 2. The molecule has 0 radical (unpaired) electrons. The number of allylic oxidation sites excluding steroid dienone is 4. The number of rotatable bonds is 36. The van der Waals surface area contributed by atoms with Gasteiger partial charge in [0, 0.05) is 6.92 Å². The lowest BCUT2D eigenvalue weighted by molar-refractivity contribution is -0.266. The highest BCUT2D eigenvalue weighted by molar-refractivity contribution is 5.53. The van der Waals surface area contributed by atoms with Crippen LogP contribution in [0.4, 0.5) is 0 Å². The van der Waals surface area contributed by atoms with E-state index >= 15 is 0 Å². The maximum atomic E-state index is 9.65. The van der Waals surface area contributed by atoms with Crippen molar-refractivity contribution in [3.63, 3.8) is 0 Å². The molecule has 1 unspecified atom stereocenters. The van der Waals surface area contributed by atoms with Gasteiger partial charge in [0.1, 0.15) is 0 Å². The minimum Gasteiger partial charge on any atom is -0.504 e. The molecule has 2 N–H and O–H groups in total. The Hall–Kier alpha value is -3.32. The summed E-state index contributed by atoms with van der Waals surface area (Å²) in [6, 6.07) is 10.5. The zero-order chi connectivity index (χ0) is 42.5. The van der Waals surface area contributed by atoms with E-state index in [-0.39, 0.29) is 11.5 Å². The molecule has 0 saturated heterocycles. The number of para-hydroxylation sites is 2. The lowest BCUT2D eigenvalue weighted by Gasteiger charge is -2.21. The first-order chi connectivity index (χ1) is 28.9. The maximum absolute atomic E-state index is 9.65. The largest absolute Gasteiger partial charge is 0.504 e. The Kier molecular flexibility index (Phi) is 31.1. The number of ether oxygens (including phenoxy) is 5. The molecule has 59 heavy (non-hydrogen) atoms. The average Bonchev–Trinajstić information content (AvgIpc) is 3.58. The summed E-state index contributed by atoms with van der Waals surface area (Å²) in [5.74, 6) is 1.07. The topological polar surface area (TPSA) is 86.6 Å². The van der Waals surface area contributed by atoms with E-state index < -0.39 is 5.97 Å². The minimum atomic E-state index is -1.06. The van der Waals surface area contributed by atoms with Crippen LogP contribution in [0.2, 0.25) is 0 Å². The van der Waals surface area contributed by atoms with Crippen LogP contribution in [0.5, 0.6) is 34.5 Å². The molecule has 0 amide bonds. The molecule has 3 rings (SSSR count). The third kappa shape index (κ3) is 25.8. The number of phenols is 2. The summed E-state index contributed by atoms with van der Waals surface area (Å²) < 4.78 is 28.7. The predicted molar refractivity (Wildman–Crippen MR) is 247 cm³/mol. The van der Waals surface area contributed by atoms with Crippen LogP contribution in [0.25, 0.3) is 0 Å². The fourth-order valence-corrected chi connectivity index (χ4v) is 7.21. The molecule has 1 atom stereocenters. The normalized spacial score (nSPS) is 14.6. The second-order valence-corrected chi connectivity index (χ2v) is 16.3. The number of hydrogen-bond acceptors (Lipinski definition) is 7. The van der Waals surface area contributed by atoms with Gasteiger partial charge in [0.2, 0.25) is 11.5 Å². The van der Waals surface area contributed by atoms with E-state index in [9.17, 15) is 10.2 Å². The number of fused-ring (bicyclic) bond motifs is 1. The highest BCUT2D eigenvalue weighted by Gasteiger charge is 2.39. The van der Waals surface area contributed by atoms with Crippen molar-refractivity contribution in [3.05, 3.63) is 60.7 Å². The van der Waals surface area contributed by atoms with Crippen molar-refractivity contribution < 1.29 is 33.9 Å². The number of benzene rings is 2. The highest BCUT2D eigenvalue weighted by Crippen LogP contribution is 2.46. The summed E-state index contributed by atoms with van der Waals surface area (Å²) >= 11 is 0. The van der Waals surface area contributed by atoms with E-state index in [0.29, 0.717) is 37.1 Å². The van der Waals surface area contributed by atoms with Gasteiger partial charge >= 0.3 is 5.97 Å². The van der Waals surface area contributed by atoms with E-state index in [1.807, 2.05) is 25.1 Å². The van der Waals surface area contributed by atoms with Crippen LogP contribution in [0.1, 0.15) is 207 Å². The summed E-state index contributed by atoms with van der Waals surface area (Å²) in [6.07, 6.45) is 45.8. The fourth-order valence-electron chi connectivity index (χ4n) is 7.21. The van der Waals surface area contributed by atoms with Gasteiger partial charge in [0.15, 0.2) is 23.0 Å². The fraction of sp³-hybridized carbons (Fsp3) is 0.692. The van der Waals surface area contributed by atoms with Gasteiger partial charge in [0.05, 0.1) is 19.8 Å². The number of phenolic OH excluding ortho intramolecular Hbond substituents is 2. The molecular formula is C52H86O7. The Bertz CT molecular complexity index is 1340. The van der Waals surface area contributed by atoms with E-state index in [0.717, 1.165) is 25.0 Å². The Morgan fingerprint density at radius 1 is 0.492 bits per heavy atom. The van der Waals surface area contributed by atoms with Crippen molar-refractivity contribution in [1.82, 2.24) is 0 Å². The third-order valence-electron chi connectivity index (χ3n) is 10.7. The predicted octanol–water partition coefficient (Wildman–Crippen LogP) is 16.1. The molecule has 0 fully saturated rings.